The fraction of sp³-hybridized carbons (Fsp3) is 0.346. The Hall–Kier alpha value is -3.33. The molecule has 2 heterocycles. The monoisotopic (exact) mass is 540 g/mol. The van der Waals surface area contributed by atoms with Gasteiger partial charge in [-0.1, -0.05) is 28.1 Å². The third kappa shape index (κ3) is 6.42. The molecule has 1 N–H and O–H groups in total. The number of rotatable bonds is 9. The van der Waals surface area contributed by atoms with Crippen molar-refractivity contribution in [1.29, 1.82) is 0 Å². The Morgan fingerprint density at radius 1 is 1.14 bits per heavy atom. The largest absolute Gasteiger partial charge is 0.496 e. The molecule has 0 radical (unpaired) electrons. The number of benzene rings is 2. The van der Waals surface area contributed by atoms with Crippen molar-refractivity contribution in [2.75, 3.05) is 31.7 Å². The molecule has 1 aliphatic heterocycles. The van der Waals surface area contributed by atoms with Gasteiger partial charge in [0.1, 0.15) is 11.9 Å². The maximum atomic E-state index is 12.6. The summed E-state index contributed by atoms with van der Waals surface area (Å²) in [4.78, 5) is 23.6. The minimum absolute atomic E-state index is 0.00268. The zero-order valence-electron chi connectivity index (χ0n) is 19.9. The molecule has 184 valence electrons. The molecule has 0 aliphatic carbocycles. The molecule has 1 saturated heterocycles. The van der Waals surface area contributed by atoms with E-state index in [-0.39, 0.29) is 12.0 Å². The second-order valence-corrected chi connectivity index (χ2v) is 9.03. The number of carbonyl (C=O) groups is 1. The maximum absolute atomic E-state index is 12.6. The fourth-order valence-electron chi connectivity index (χ4n) is 3.98. The lowest BCUT2D eigenvalue weighted by Crippen LogP contribution is -2.42. The number of aromatic nitrogens is 2. The van der Waals surface area contributed by atoms with Gasteiger partial charge in [0.25, 0.3) is 5.91 Å². The van der Waals surface area contributed by atoms with E-state index < -0.39 is 0 Å². The molecule has 1 atom stereocenters. The SMILES string of the molecule is CCOc1ccccc1O[C@@H]1CCCN(c2ncc(C(=O)NCc3cc(Br)ccc3OC)cn2)C1. The minimum Gasteiger partial charge on any atom is -0.496 e. The quantitative estimate of drug-likeness (QED) is 0.423. The normalized spacial score (nSPS) is 15.4. The third-order valence-electron chi connectivity index (χ3n) is 5.69. The highest BCUT2D eigenvalue weighted by Crippen LogP contribution is 2.29. The van der Waals surface area contributed by atoms with Crippen LogP contribution >= 0.6 is 15.9 Å². The molecule has 0 bridgehead atoms. The second kappa shape index (κ2) is 11.9. The predicted molar refractivity (Wildman–Crippen MR) is 137 cm³/mol. The van der Waals surface area contributed by atoms with Crippen molar-refractivity contribution in [1.82, 2.24) is 15.3 Å². The van der Waals surface area contributed by atoms with E-state index in [0.717, 1.165) is 40.9 Å². The minimum atomic E-state index is -0.244. The van der Waals surface area contributed by atoms with Crippen LogP contribution in [0.15, 0.2) is 59.3 Å². The molecule has 0 unspecified atom stereocenters. The summed E-state index contributed by atoms with van der Waals surface area (Å²) in [5.74, 6) is 2.55. The van der Waals surface area contributed by atoms with Crippen LogP contribution in [0.4, 0.5) is 5.95 Å². The first-order chi connectivity index (χ1) is 17.1. The van der Waals surface area contributed by atoms with Crippen molar-refractivity contribution in [3.63, 3.8) is 0 Å². The molecule has 0 spiro atoms. The van der Waals surface area contributed by atoms with E-state index in [1.165, 1.54) is 0 Å². The van der Waals surface area contributed by atoms with Crippen LogP contribution in [0, 0.1) is 0 Å². The molecule has 35 heavy (non-hydrogen) atoms. The van der Waals surface area contributed by atoms with Crippen LogP contribution in [-0.2, 0) is 6.54 Å². The van der Waals surface area contributed by atoms with Crippen molar-refractivity contribution in [3.05, 3.63) is 70.5 Å². The zero-order valence-corrected chi connectivity index (χ0v) is 21.5. The van der Waals surface area contributed by atoms with Gasteiger partial charge in [-0.2, -0.15) is 0 Å². The van der Waals surface area contributed by atoms with Gasteiger partial charge in [0.05, 0.1) is 25.8 Å². The average molecular weight is 541 g/mol. The van der Waals surface area contributed by atoms with E-state index in [1.54, 1.807) is 19.5 Å². The molecular weight excluding hydrogens is 512 g/mol. The van der Waals surface area contributed by atoms with Crippen molar-refractivity contribution >= 4 is 27.8 Å². The Morgan fingerprint density at radius 3 is 2.66 bits per heavy atom. The highest BCUT2D eigenvalue weighted by atomic mass is 79.9. The Labute approximate surface area is 213 Å². The lowest BCUT2D eigenvalue weighted by Gasteiger charge is -2.33. The van der Waals surface area contributed by atoms with E-state index in [2.05, 4.69) is 36.1 Å². The highest BCUT2D eigenvalue weighted by Gasteiger charge is 2.24. The number of anilines is 1. The first kappa shape index (κ1) is 24.8. The van der Waals surface area contributed by atoms with Crippen molar-refractivity contribution < 1.29 is 19.0 Å². The second-order valence-electron chi connectivity index (χ2n) is 8.12. The van der Waals surface area contributed by atoms with Crippen LogP contribution in [0.3, 0.4) is 0 Å². The molecule has 0 saturated carbocycles. The lowest BCUT2D eigenvalue weighted by atomic mass is 10.1. The van der Waals surface area contributed by atoms with Gasteiger partial charge in [-0.05, 0) is 50.1 Å². The summed E-state index contributed by atoms with van der Waals surface area (Å²) >= 11 is 3.45. The van der Waals surface area contributed by atoms with Crippen LogP contribution < -0.4 is 24.4 Å². The van der Waals surface area contributed by atoms with Crippen molar-refractivity contribution in [2.24, 2.45) is 0 Å². The van der Waals surface area contributed by atoms with Crippen molar-refractivity contribution in [3.8, 4) is 17.2 Å². The van der Waals surface area contributed by atoms with Gasteiger partial charge in [-0.25, -0.2) is 9.97 Å². The van der Waals surface area contributed by atoms with Crippen LogP contribution in [0.2, 0.25) is 0 Å². The van der Waals surface area contributed by atoms with Crippen molar-refractivity contribution in [2.45, 2.75) is 32.4 Å². The fourth-order valence-corrected chi connectivity index (χ4v) is 4.39. The van der Waals surface area contributed by atoms with E-state index in [4.69, 9.17) is 14.2 Å². The highest BCUT2D eigenvalue weighted by molar-refractivity contribution is 9.10. The summed E-state index contributed by atoms with van der Waals surface area (Å²) in [6, 6.07) is 13.4. The lowest BCUT2D eigenvalue weighted by molar-refractivity contribution is 0.0950. The Balaban J connectivity index is 1.36. The molecule has 3 aromatic rings. The number of ether oxygens (including phenoxy) is 3. The Bertz CT molecular complexity index is 1140. The summed E-state index contributed by atoms with van der Waals surface area (Å²) in [5.41, 5.74) is 1.27. The summed E-state index contributed by atoms with van der Waals surface area (Å²) in [6.07, 6.45) is 5.02. The van der Waals surface area contributed by atoms with E-state index in [9.17, 15) is 4.79 Å². The van der Waals surface area contributed by atoms with Crippen LogP contribution in [0.1, 0.15) is 35.7 Å². The first-order valence-corrected chi connectivity index (χ1v) is 12.4. The molecule has 8 nitrogen and oxygen atoms in total. The number of nitrogens with zero attached hydrogens (tertiary/aromatic N) is 3. The number of halogens is 1. The van der Waals surface area contributed by atoms with Gasteiger partial charge >= 0.3 is 0 Å². The summed E-state index contributed by atoms with van der Waals surface area (Å²) in [6.45, 7) is 4.37. The molecule has 1 aromatic heterocycles. The molecule has 1 aliphatic rings. The van der Waals surface area contributed by atoms with E-state index in [1.807, 2.05) is 49.4 Å². The number of para-hydroxylation sites is 2. The predicted octanol–water partition coefficient (Wildman–Crippen LogP) is 4.62. The number of nitrogens with one attached hydrogen (secondary N) is 1. The van der Waals surface area contributed by atoms with Gasteiger partial charge in [-0.3, -0.25) is 4.79 Å². The standard InChI is InChI=1S/C26H29BrN4O4/c1-3-34-23-8-4-5-9-24(23)35-21-7-6-12-31(17-21)26-29-15-19(16-30-26)25(32)28-14-18-13-20(27)10-11-22(18)33-2/h4-5,8-11,13,15-16,21H,3,6-7,12,14,17H2,1-2H3,(H,28,32)/t21-/m1/s1. The van der Waals surface area contributed by atoms with Crippen LogP contribution in [0.25, 0.3) is 0 Å². The summed E-state index contributed by atoms with van der Waals surface area (Å²) in [7, 11) is 1.61. The van der Waals surface area contributed by atoms with Crippen LogP contribution in [-0.4, -0.2) is 48.8 Å². The molecule has 2 aromatic carbocycles. The van der Waals surface area contributed by atoms with Gasteiger partial charge in [-0.15, -0.1) is 0 Å². The van der Waals surface area contributed by atoms with E-state index >= 15 is 0 Å². The number of carbonyl (C=O) groups excluding carboxylic acids is 1. The molecule has 1 fully saturated rings. The number of amides is 1. The number of hydrogen-bond donors (Lipinski definition) is 1. The molecule has 4 rings (SSSR count). The number of hydrogen-bond acceptors (Lipinski definition) is 7. The number of piperidine rings is 1. The van der Waals surface area contributed by atoms with Gasteiger partial charge < -0.3 is 24.4 Å². The van der Waals surface area contributed by atoms with Gasteiger partial charge in [0.2, 0.25) is 5.95 Å². The Morgan fingerprint density at radius 2 is 1.91 bits per heavy atom. The smallest absolute Gasteiger partial charge is 0.254 e. The summed E-state index contributed by atoms with van der Waals surface area (Å²) < 4.78 is 18.2. The third-order valence-corrected chi connectivity index (χ3v) is 6.18. The average Bonchev–Trinajstić information content (AvgIpc) is 2.89. The van der Waals surface area contributed by atoms with Gasteiger partial charge in [0, 0.05) is 35.5 Å². The summed E-state index contributed by atoms with van der Waals surface area (Å²) in [5, 5.41) is 2.90. The van der Waals surface area contributed by atoms with E-state index in [0.29, 0.717) is 37.0 Å². The molecule has 9 heteroatoms. The number of methoxy groups -OCH3 is 1. The van der Waals surface area contributed by atoms with Crippen LogP contribution in [0.5, 0.6) is 17.2 Å². The first-order valence-electron chi connectivity index (χ1n) is 11.6. The zero-order chi connectivity index (χ0) is 24.6. The molecule has 1 amide bonds. The maximum Gasteiger partial charge on any atom is 0.254 e. The topological polar surface area (TPSA) is 85.8 Å². The Kier molecular flexibility index (Phi) is 8.41. The van der Waals surface area contributed by atoms with Gasteiger partial charge in [0.15, 0.2) is 11.5 Å². The molecular formula is C26H29BrN4O4.